The number of hydrogen-bond acceptors (Lipinski definition) is 4. The molecule has 6 nitrogen and oxygen atoms in total. The first-order valence-corrected chi connectivity index (χ1v) is 9.99. The largest absolute Gasteiger partial charge is 0.262 e. The summed E-state index contributed by atoms with van der Waals surface area (Å²) in [5.41, 5.74) is 0.998. The highest BCUT2D eigenvalue weighted by atomic mass is 32.2. The second-order valence-electron chi connectivity index (χ2n) is 6.67. The van der Waals surface area contributed by atoms with E-state index < -0.39 is 15.3 Å². The molecule has 1 aromatic carbocycles. The van der Waals surface area contributed by atoms with Crippen LogP contribution in [0.3, 0.4) is 0 Å². The molecule has 0 amide bonds. The van der Waals surface area contributed by atoms with Crippen LogP contribution in [0.4, 0.5) is 0 Å². The van der Waals surface area contributed by atoms with E-state index in [0.29, 0.717) is 11.7 Å². The summed E-state index contributed by atoms with van der Waals surface area (Å²) >= 11 is 0. The lowest BCUT2D eigenvalue weighted by Crippen LogP contribution is -2.40. The smallest absolute Gasteiger partial charge is 0.214 e. The van der Waals surface area contributed by atoms with E-state index in [4.69, 9.17) is 0 Å². The maximum atomic E-state index is 12.0. The normalized spacial score (nSPS) is 22.0. The lowest BCUT2D eigenvalue weighted by molar-refractivity contribution is 0.365. The molecule has 2 aromatic rings. The van der Waals surface area contributed by atoms with Gasteiger partial charge in [-0.1, -0.05) is 30.3 Å². The second kappa shape index (κ2) is 7.03. The fourth-order valence-electron chi connectivity index (χ4n) is 3.03. The molecular weight excluding hydrogens is 324 g/mol. The zero-order chi connectivity index (χ0) is 17.2. The second-order valence-corrected chi connectivity index (χ2v) is 8.94. The van der Waals surface area contributed by atoms with Crippen LogP contribution in [-0.4, -0.2) is 34.9 Å². The van der Waals surface area contributed by atoms with Crippen LogP contribution >= 0.6 is 0 Å². The van der Waals surface area contributed by atoms with E-state index in [2.05, 4.69) is 19.9 Å². The number of sulfonamides is 1. The maximum Gasteiger partial charge on any atom is 0.214 e. The fraction of sp³-hybridized carbons (Fsp3) is 0.529. The molecule has 0 atom stereocenters. The first-order valence-electron chi connectivity index (χ1n) is 8.44. The molecule has 2 N–H and O–H groups in total. The van der Waals surface area contributed by atoms with Crippen molar-refractivity contribution in [2.24, 2.45) is 0 Å². The third-order valence-corrected chi connectivity index (χ3v) is 6.50. The zero-order valence-electron chi connectivity index (χ0n) is 14.1. The van der Waals surface area contributed by atoms with E-state index in [1.54, 1.807) is 13.8 Å². The van der Waals surface area contributed by atoms with E-state index in [-0.39, 0.29) is 6.04 Å². The highest BCUT2D eigenvalue weighted by Gasteiger charge is 2.28. The Kier molecular flexibility index (Phi) is 5.01. The van der Waals surface area contributed by atoms with Crippen LogP contribution < -0.4 is 4.72 Å². The van der Waals surface area contributed by atoms with Crippen LogP contribution in [0.15, 0.2) is 30.3 Å². The van der Waals surface area contributed by atoms with Crippen molar-refractivity contribution in [1.29, 1.82) is 0 Å². The van der Waals surface area contributed by atoms with Crippen LogP contribution in [0.5, 0.6) is 0 Å². The molecule has 1 aromatic heterocycles. The van der Waals surface area contributed by atoms with Crippen LogP contribution in [-0.2, 0) is 10.0 Å². The highest BCUT2D eigenvalue weighted by molar-refractivity contribution is 7.90. The highest BCUT2D eigenvalue weighted by Crippen LogP contribution is 2.32. The van der Waals surface area contributed by atoms with Gasteiger partial charge in [0.05, 0.1) is 5.25 Å². The van der Waals surface area contributed by atoms with Crippen molar-refractivity contribution >= 4 is 10.0 Å². The number of H-pyrrole nitrogens is 1. The number of nitrogens with one attached hydrogen (secondary N) is 2. The van der Waals surface area contributed by atoms with Crippen molar-refractivity contribution in [1.82, 2.24) is 19.9 Å². The Morgan fingerprint density at radius 1 is 1.12 bits per heavy atom. The minimum absolute atomic E-state index is 0.0326. The van der Waals surface area contributed by atoms with Crippen molar-refractivity contribution in [2.45, 2.75) is 56.7 Å². The third-order valence-electron chi connectivity index (χ3n) is 4.60. The van der Waals surface area contributed by atoms with Crippen LogP contribution in [0.1, 0.15) is 51.3 Å². The number of aromatic nitrogens is 3. The lowest BCUT2D eigenvalue weighted by Gasteiger charge is -2.28. The van der Waals surface area contributed by atoms with Crippen LogP contribution in [0.25, 0.3) is 11.4 Å². The van der Waals surface area contributed by atoms with Crippen LogP contribution in [0.2, 0.25) is 0 Å². The summed E-state index contributed by atoms with van der Waals surface area (Å²) in [4.78, 5) is 4.63. The average molecular weight is 348 g/mol. The van der Waals surface area contributed by atoms with E-state index in [1.165, 1.54) is 0 Å². The first-order chi connectivity index (χ1) is 11.5. The number of nitrogens with zero attached hydrogens (tertiary/aromatic N) is 2. The molecule has 0 bridgehead atoms. The van der Waals surface area contributed by atoms with E-state index >= 15 is 0 Å². The molecule has 24 heavy (non-hydrogen) atoms. The summed E-state index contributed by atoms with van der Waals surface area (Å²) in [6.45, 7) is 3.40. The molecule has 0 saturated heterocycles. The van der Waals surface area contributed by atoms with Gasteiger partial charge in [0.1, 0.15) is 5.82 Å². The van der Waals surface area contributed by atoms with Crippen molar-refractivity contribution in [3.63, 3.8) is 0 Å². The molecule has 1 heterocycles. The Morgan fingerprint density at radius 2 is 1.79 bits per heavy atom. The number of benzene rings is 1. The summed E-state index contributed by atoms with van der Waals surface area (Å²) in [6, 6.07) is 9.92. The summed E-state index contributed by atoms with van der Waals surface area (Å²) < 4.78 is 26.8. The predicted molar refractivity (Wildman–Crippen MR) is 94.0 cm³/mol. The number of hydrogen-bond donors (Lipinski definition) is 2. The molecule has 1 fully saturated rings. The van der Waals surface area contributed by atoms with Gasteiger partial charge in [0.25, 0.3) is 0 Å². The summed E-state index contributed by atoms with van der Waals surface area (Å²) in [7, 11) is -3.20. The summed E-state index contributed by atoms with van der Waals surface area (Å²) in [5, 5.41) is 6.98. The average Bonchev–Trinajstić information content (AvgIpc) is 3.06. The SMILES string of the molecule is CC(C)S(=O)(=O)NC1CCC(c2nc(-c3ccccc3)n[nH]2)CC1. The third kappa shape index (κ3) is 3.84. The molecule has 130 valence electrons. The Morgan fingerprint density at radius 3 is 2.42 bits per heavy atom. The quantitative estimate of drug-likeness (QED) is 0.870. The number of aromatic amines is 1. The van der Waals surface area contributed by atoms with E-state index in [1.807, 2.05) is 30.3 Å². The topological polar surface area (TPSA) is 87.7 Å². The molecule has 0 spiro atoms. The van der Waals surface area contributed by atoms with Crippen molar-refractivity contribution < 1.29 is 8.42 Å². The zero-order valence-corrected chi connectivity index (χ0v) is 14.9. The van der Waals surface area contributed by atoms with Gasteiger partial charge >= 0.3 is 0 Å². The Bertz CT molecular complexity index is 763. The molecule has 0 aliphatic heterocycles. The molecule has 1 aliphatic rings. The van der Waals surface area contributed by atoms with E-state index in [9.17, 15) is 8.42 Å². The Balaban J connectivity index is 1.61. The van der Waals surface area contributed by atoms with Gasteiger partial charge in [-0.25, -0.2) is 18.1 Å². The van der Waals surface area contributed by atoms with Gasteiger partial charge in [-0.2, -0.15) is 5.10 Å². The predicted octanol–water partition coefficient (Wildman–Crippen LogP) is 2.83. The molecule has 1 aliphatic carbocycles. The fourth-order valence-corrected chi connectivity index (χ4v) is 4.00. The van der Waals surface area contributed by atoms with Crippen molar-refractivity contribution in [2.75, 3.05) is 0 Å². The van der Waals surface area contributed by atoms with Gasteiger partial charge in [-0.15, -0.1) is 0 Å². The maximum absolute atomic E-state index is 12.0. The number of rotatable bonds is 5. The molecular formula is C17H24N4O2S. The lowest BCUT2D eigenvalue weighted by atomic mass is 9.86. The van der Waals surface area contributed by atoms with Gasteiger partial charge in [-0.3, -0.25) is 5.10 Å². The van der Waals surface area contributed by atoms with Crippen LogP contribution in [0, 0.1) is 0 Å². The monoisotopic (exact) mass is 348 g/mol. The minimum atomic E-state index is -3.20. The molecule has 3 rings (SSSR count). The Hall–Kier alpha value is -1.73. The van der Waals surface area contributed by atoms with Gasteiger partial charge in [-0.05, 0) is 39.5 Å². The van der Waals surface area contributed by atoms with Gasteiger partial charge in [0.2, 0.25) is 10.0 Å². The molecule has 0 radical (unpaired) electrons. The van der Waals surface area contributed by atoms with E-state index in [0.717, 1.165) is 37.1 Å². The minimum Gasteiger partial charge on any atom is -0.262 e. The summed E-state index contributed by atoms with van der Waals surface area (Å²) in [5.74, 6) is 1.93. The van der Waals surface area contributed by atoms with Gasteiger partial charge < -0.3 is 0 Å². The Labute approximate surface area is 143 Å². The first kappa shape index (κ1) is 17.1. The molecule has 0 unspecified atom stereocenters. The molecule has 1 saturated carbocycles. The van der Waals surface area contributed by atoms with Crippen molar-refractivity contribution in [3.05, 3.63) is 36.2 Å². The van der Waals surface area contributed by atoms with Gasteiger partial charge in [0, 0.05) is 17.5 Å². The summed E-state index contributed by atoms with van der Waals surface area (Å²) in [6.07, 6.45) is 3.49. The van der Waals surface area contributed by atoms with Gasteiger partial charge in [0.15, 0.2) is 5.82 Å². The van der Waals surface area contributed by atoms with Crippen molar-refractivity contribution in [3.8, 4) is 11.4 Å². The molecule has 7 heteroatoms. The standard InChI is InChI=1S/C17H24N4O2S/c1-12(2)24(22,23)21-15-10-8-14(9-11-15)17-18-16(19-20-17)13-6-4-3-5-7-13/h3-7,12,14-15,21H,8-11H2,1-2H3,(H,18,19,20).